The van der Waals surface area contributed by atoms with Crippen molar-refractivity contribution >= 4 is 5.96 Å². The lowest BCUT2D eigenvalue weighted by Gasteiger charge is -2.30. The highest BCUT2D eigenvalue weighted by Crippen LogP contribution is 2.24. The van der Waals surface area contributed by atoms with Crippen molar-refractivity contribution in [3.63, 3.8) is 0 Å². The van der Waals surface area contributed by atoms with Crippen molar-refractivity contribution in [1.82, 2.24) is 9.80 Å². The third kappa shape index (κ3) is 4.84. The molecule has 0 saturated heterocycles. The van der Waals surface area contributed by atoms with Crippen molar-refractivity contribution < 1.29 is 0 Å². The summed E-state index contributed by atoms with van der Waals surface area (Å²) in [5.74, 6) is 0.707. The van der Waals surface area contributed by atoms with Gasteiger partial charge in [0.1, 0.15) is 0 Å². The van der Waals surface area contributed by atoms with E-state index in [1.807, 2.05) is 7.05 Å². The molecule has 106 valence electrons. The molecule has 0 amide bonds. The van der Waals surface area contributed by atoms with Crippen LogP contribution in [-0.4, -0.2) is 54.0 Å². The average Bonchev–Trinajstić information content (AvgIpc) is 3.10. The Bertz CT molecular complexity index is 261. The van der Waals surface area contributed by atoms with Gasteiger partial charge >= 0.3 is 0 Å². The second kappa shape index (κ2) is 6.98. The Morgan fingerprint density at radius 1 is 1.22 bits per heavy atom. The zero-order valence-electron chi connectivity index (χ0n) is 12.7. The molecule has 0 unspecified atom stereocenters. The van der Waals surface area contributed by atoms with Crippen molar-refractivity contribution in [1.29, 1.82) is 0 Å². The molecule has 0 aliphatic heterocycles. The lowest BCUT2D eigenvalue weighted by molar-refractivity contribution is 0.174. The van der Waals surface area contributed by atoms with E-state index in [9.17, 15) is 0 Å². The third-order valence-electron chi connectivity index (χ3n) is 3.63. The highest BCUT2D eigenvalue weighted by atomic mass is 15.3. The predicted octanol–water partition coefficient (Wildman–Crippen LogP) is 1.90. The molecule has 1 fully saturated rings. The highest BCUT2D eigenvalue weighted by molar-refractivity contribution is 5.78. The second-order valence-corrected chi connectivity index (χ2v) is 5.86. The maximum absolute atomic E-state index is 5.96. The first-order chi connectivity index (χ1) is 8.43. The molecule has 0 aromatic rings. The minimum Gasteiger partial charge on any atom is -0.370 e. The zero-order chi connectivity index (χ0) is 13.7. The van der Waals surface area contributed by atoms with Crippen LogP contribution in [0.25, 0.3) is 0 Å². The number of rotatable bonds is 7. The Kier molecular flexibility index (Phi) is 5.93. The van der Waals surface area contributed by atoms with E-state index in [0.717, 1.165) is 19.5 Å². The summed E-state index contributed by atoms with van der Waals surface area (Å²) in [6.45, 7) is 10.9. The van der Waals surface area contributed by atoms with Gasteiger partial charge in [0, 0.05) is 38.3 Å². The van der Waals surface area contributed by atoms with E-state index < -0.39 is 0 Å². The average molecular weight is 254 g/mol. The van der Waals surface area contributed by atoms with E-state index in [1.165, 1.54) is 12.8 Å². The number of hydrogen-bond acceptors (Lipinski definition) is 2. The third-order valence-corrected chi connectivity index (χ3v) is 3.63. The predicted molar refractivity (Wildman–Crippen MR) is 78.9 cm³/mol. The fourth-order valence-corrected chi connectivity index (χ4v) is 2.32. The smallest absolute Gasteiger partial charge is 0.191 e. The number of aliphatic imine (C=N–C) groups is 1. The number of guanidine groups is 1. The van der Waals surface area contributed by atoms with Crippen LogP contribution in [0.3, 0.4) is 0 Å². The number of hydrogen-bond donors (Lipinski definition) is 1. The van der Waals surface area contributed by atoms with Crippen LogP contribution in [0.1, 0.15) is 47.0 Å². The van der Waals surface area contributed by atoms with Crippen LogP contribution in [0.15, 0.2) is 4.99 Å². The van der Waals surface area contributed by atoms with Crippen LogP contribution >= 0.6 is 0 Å². The van der Waals surface area contributed by atoms with Crippen LogP contribution in [0.2, 0.25) is 0 Å². The molecule has 0 aromatic carbocycles. The Morgan fingerprint density at radius 2 is 1.78 bits per heavy atom. The van der Waals surface area contributed by atoms with E-state index in [2.05, 4.69) is 42.5 Å². The first-order valence-electron chi connectivity index (χ1n) is 7.22. The van der Waals surface area contributed by atoms with E-state index in [-0.39, 0.29) is 0 Å². The number of nitrogens with zero attached hydrogens (tertiary/aromatic N) is 3. The van der Waals surface area contributed by atoms with Gasteiger partial charge in [0.05, 0.1) is 0 Å². The first-order valence-corrected chi connectivity index (χ1v) is 7.22. The summed E-state index contributed by atoms with van der Waals surface area (Å²) >= 11 is 0. The van der Waals surface area contributed by atoms with Gasteiger partial charge in [-0.05, 0) is 47.0 Å². The van der Waals surface area contributed by atoms with Gasteiger partial charge in [0.15, 0.2) is 5.96 Å². The van der Waals surface area contributed by atoms with Crippen molar-refractivity contribution in [2.75, 3.05) is 20.1 Å². The first kappa shape index (κ1) is 15.3. The lowest BCUT2D eigenvalue weighted by atomic mass is 10.2. The van der Waals surface area contributed by atoms with Gasteiger partial charge in [-0.15, -0.1) is 0 Å². The van der Waals surface area contributed by atoms with Gasteiger partial charge in [-0.3, -0.25) is 9.89 Å². The molecule has 0 spiro atoms. The summed E-state index contributed by atoms with van der Waals surface area (Å²) in [6.07, 6.45) is 3.61. The summed E-state index contributed by atoms with van der Waals surface area (Å²) in [7, 11) is 2.05. The molecule has 1 aliphatic rings. The largest absolute Gasteiger partial charge is 0.370 e. The molecular weight excluding hydrogens is 224 g/mol. The van der Waals surface area contributed by atoms with E-state index in [4.69, 9.17) is 5.73 Å². The molecule has 18 heavy (non-hydrogen) atoms. The fraction of sp³-hybridized carbons (Fsp3) is 0.929. The van der Waals surface area contributed by atoms with Gasteiger partial charge in [0.2, 0.25) is 0 Å². The summed E-state index contributed by atoms with van der Waals surface area (Å²) in [5, 5.41) is 0. The highest BCUT2D eigenvalue weighted by Gasteiger charge is 2.27. The Hall–Kier alpha value is -0.770. The molecule has 0 aromatic heterocycles. The second-order valence-electron chi connectivity index (χ2n) is 5.86. The normalized spacial score (nSPS) is 17.0. The van der Waals surface area contributed by atoms with Gasteiger partial charge in [-0.25, -0.2) is 0 Å². The maximum Gasteiger partial charge on any atom is 0.191 e. The molecule has 2 N–H and O–H groups in total. The maximum atomic E-state index is 5.96. The van der Waals surface area contributed by atoms with E-state index in [0.29, 0.717) is 24.1 Å². The minimum atomic E-state index is 0.598. The Labute approximate surface area is 112 Å². The summed E-state index contributed by atoms with van der Waals surface area (Å²) < 4.78 is 0. The summed E-state index contributed by atoms with van der Waals surface area (Å²) in [5.41, 5.74) is 5.96. The SMILES string of the molecule is CC(C)N(CCCN=C(N)N(C)C1CC1)C(C)C. The minimum absolute atomic E-state index is 0.598. The molecule has 1 saturated carbocycles. The molecule has 0 radical (unpaired) electrons. The number of nitrogens with two attached hydrogens (primary N) is 1. The van der Waals surface area contributed by atoms with Gasteiger partial charge in [-0.1, -0.05) is 0 Å². The summed E-state index contributed by atoms with van der Waals surface area (Å²) in [4.78, 5) is 9.08. The molecule has 1 aliphatic carbocycles. The molecule has 4 heteroatoms. The van der Waals surface area contributed by atoms with Crippen molar-refractivity contribution in [3.8, 4) is 0 Å². The Balaban J connectivity index is 2.25. The van der Waals surface area contributed by atoms with E-state index >= 15 is 0 Å². The van der Waals surface area contributed by atoms with Crippen LogP contribution in [0.4, 0.5) is 0 Å². The van der Waals surface area contributed by atoms with Crippen molar-refractivity contribution in [2.24, 2.45) is 10.7 Å². The Morgan fingerprint density at radius 3 is 2.22 bits per heavy atom. The van der Waals surface area contributed by atoms with Crippen LogP contribution < -0.4 is 5.73 Å². The molecule has 1 rings (SSSR count). The van der Waals surface area contributed by atoms with Gasteiger partial charge < -0.3 is 10.6 Å². The van der Waals surface area contributed by atoms with Crippen molar-refractivity contribution in [3.05, 3.63) is 0 Å². The lowest BCUT2D eigenvalue weighted by Crippen LogP contribution is -2.38. The molecule has 0 atom stereocenters. The standard InChI is InChI=1S/C14H30N4/c1-11(2)18(12(3)4)10-6-9-16-14(15)17(5)13-7-8-13/h11-13H,6-10H2,1-5H3,(H2,15,16). The molecular formula is C14H30N4. The van der Waals surface area contributed by atoms with Gasteiger partial charge in [0.25, 0.3) is 0 Å². The summed E-state index contributed by atoms with van der Waals surface area (Å²) in [6, 6.07) is 1.84. The van der Waals surface area contributed by atoms with Crippen LogP contribution in [0.5, 0.6) is 0 Å². The monoisotopic (exact) mass is 254 g/mol. The molecule has 0 heterocycles. The molecule has 4 nitrogen and oxygen atoms in total. The van der Waals surface area contributed by atoms with Crippen molar-refractivity contribution in [2.45, 2.75) is 65.1 Å². The van der Waals surface area contributed by atoms with Crippen LogP contribution in [0, 0.1) is 0 Å². The van der Waals surface area contributed by atoms with E-state index in [1.54, 1.807) is 0 Å². The molecule has 0 bridgehead atoms. The van der Waals surface area contributed by atoms with Gasteiger partial charge in [-0.2, -0.15) is 0 Å². The topological polar surface area (TPSA) is 44.9 Å². The van der Waals surface area contributed by atoms with Crippen LogP contribution in [-0.2, 0) is 0 Å². The quantitative estimate of drug-likeness (QED) is 0.429. The zero-order valence-corrected chi connectivity index (χ0v) is 12.7. The fourth-order valence-electron chi connectivity index (χ4n) is 2.32.